The third-order valence-corrected chi connectivity index (χ3v) is 4.05. The first-order chi connectivity index (χ1) is 9.77. The van der Waals surface area contributed by atoms with Gasteiger partial charge in [-0.3, -0.25) is 4.79 Å². The second-order valence-electron chi connectivity index (χ2n) is 7.03. The molecule has 0 heterocycles. The van der Waals surface area contributed by atoms with Crippen LogP contribution in [-0.2, 0) is 16.8 Å². The van der Waals surface area contributed by atoms with Crippen molar-refractivity contribution in [1.82, 2.24) is 4.90 Å². The molecule has 0 radical (unpaired) electrons. The predicted octanol–water partition coefficient (Wildman–Crippen LogP) is 2.85. The summed E-state index contributed by atoms with van der Waals surface area (Å²) in [5, 5.41) is 0. The van der Waals surface area contributed by atoms with Crippen LogP contribution < -0.4 is 5.73 Å². The lowest BCUT2D eigenvalue weighted by Crippen LogP contribution is -2.32. The molecule has 1 aromatic carbocycles. The molecule has 0 spiro atoms. The number of rotatable bonds is 3. The molecule has 114 valence electrons. The average Bonchev–Trinajstić information content (AvgIpc) is 2.84. The van der Waals surface area contributed by atoms with Gasteiger partial charge in [0.15, 0.2) is 0 Å². The third-order valence-electron chi connectivity index (χ3n) is 4.05. The van der Waals surface area contributed by atoms with Gasteiger partial charge in [0.2, 0.25) is 5.91 Å². The van der Waals surface area contributed by atoms with Crippen LogP contribution in [0, 0.1) is 5.92 Å². The SMILES string of the molecule is CN(Cc1ccc(C(C)(C)C)cc1)C(=O)C1C=CC(N)C1. The van der Waals surface area contributed by atoms with Crippen molar-refractivity contribution < 1.29 is 4.79 Å². The summed E-state index contributed by atoms with van der Waals surface area (Å²) in [7, 11) is 1.86. The van der Waals surface area contributed by atoms with E-state index in [0.29, 0.717) is 6.54 Å². The second kappa shape index (κ2) is 6.02. The zero-order valence-corrected chi connectivity index (χ0v) is 13.5. The summed E-state index contributed by atoms with van der Waals surface area (Å²) < 4.78 is 0. The summed E-state index contributed by atoms with van der Waals surface area (Å²) in [4.78, 5) is 14.1. The van der Waals surface area contributed by atoms with E-state index in [1.807, 2.05) is 19.2 Å². The Bertz CT molecular complexity index is 525. The molecule has 1 aliphatic carbocycles. The average molecular weight is 286 g/mol. The van der Waals surface area contributed by atoms with Gasteiger partial charge >= 0.3 is 0 Å². The highest BCUT2D eigenvalue weighted by Crippen LogP contribution is 2.23. The van der Waals surface area contributed by atoms with Crippen molar-refractivity contribution in [2.75, 3.05) is 7.05 Å². The predicted molar refractivity (Wildman–Crippen MR) is 86.8 cm³/mol. The molecule has 2 atom stereocenters. The Morgan fingerprint density at radius 2 is 1.86 bits per heavy atom. The number of hydrogen-bond donors (Lipinski definition) is 1. The van der Waals surface area contributed by atoms with Crippen LogP contribution in [0.3, 0.4) is 0 Å². The Labute approximate surface area is 127 Å². The van der Waals surface area contributed by atoms with Crippen LogP contribution in [-0.4, -0.2) is 23.9 Å². The van der Waals surface area contributed by atoms with E-state index in [-0.39, 0.29) is 23.3 Å². The molecule has 0 aliphatic heterocycles. The van der Waals surface area contributed by atoms with E-state index in [4.69, 9.17) is 5.73 Å². The molecule has 0 bridgehead atoms. The largest absolute Gasteiger partial charge is 0.341 e. The monoisotopic (exact) mass is 286 g/mol. The topological polar surface area (TPSA) is 46.3 Å². The minimum atomic E-state index is -0.0566. The smallest absolute Gasteiger partial charge is 0.229 e. The maximum absolute atomic E-state index is 12.3. The Kier molecular flexibility index (Phi) is 4.52. The van der Waals surface area contributed by atoms with Crippen molar-refractivity contribution in [2.45, 2.75) is 45.2 Å². The standard InChI is InChI=1S/C18H26N2O/c1-18(2,3)15-8-5-13(6-9-15)12-20(4)17(21)14-7-10-16(19)11-14/h5-10,14,16H,11-12,19H2,1-4H3. The van der Waals surface area contributed by atoms with Gasteiger partial charge in [-0.1, -0.05) is 57.2 Å². The van der Waals surface area contributed by atoms with Crippen LogP contribution in [0.25, 0.3) is 0 Å². The van der Waals surface area contributed by atoms with Gasteiger partial charge in [-0.15, -0.1) is 0 Å². The van der Waals surface area contributed by atoms with Crippen molar-refractivity contribution in [3.63, 3.8) is 0 Å². The van der Waals surface area contributed by atoms with Crippen LogP contribution in [0.5, 0.6) is 0 Å². The van der Waals surface area contributed by atoms with Crippen LogP contribution in [0.15, 0.2) is 36.4 Å². The summed E-state index contributed by atoms with van der Waals surface area (Å²) in [5.74, 6) is 0.0953. The maximum atomic E-state index is 12.3. The highest BCUT2D eigenvalue weighted by molar-refractivity contribution is 5.81. The molecular weight excluding hydrogens is 260 g/mol. The first-order valence-electron chi connectivity index (χ1n) is 7.55. The number of benzene rings is 1. The van der Waals surface area contributed by atoms with E-state index in [9.17, 15) is 4.79 Å². The molecule has 3 heteroatoms. The Hall–Kier alpha value is -1.61. The van der Waals surface area contributed by atoms with E-state index in [0.717, 1.165) is 12.0 Å². The number of nitrogens with two attached hydrogens (primary N) is 1. The van der Waals surface area contributed by atoms with Crippen LogP contribution in [0.2, 0.25) is 0 Å². The van der Waals surface area contributed by atoms with Crippen molar-refractivity contribution in [1.29, 1.82) is 0 Å². The Morgan fingerprint density at radius 1 is 1.24 bits per heavy atom. The van der Waals surface area contributed by atoms with Crippen LogP contribution in [0.1, 0.15) is 38.3 Å². The van der Waals surface area contributed by atoms with Gasteiger partial charge in [-0.05, 0) is 23.0 Å². The molecule has 0 fully saturated rings. The normalized spacial score (nSPS) is 21.6. The van der Waals surface area contributed by atoms with Crippen molar-refractivity contribution in [2.24, 2.45) is 11.7 Å². The summed E-state index contributed by atoms with van der Waals surface area (Å²) in [6.07, 6.45) is 4.59. The molecule has 2 rings (SSSR count). The zero-order valence-electron chi connectivity index (χ0n) is 13.5. The van der Waals surface area contributed by atoms with E-state index in [1.165, 1.54) is 5.56 Å². The van der Waals surface area contributed by atoms with E-state index < -0.39 is 0 Å². The highest BCUT2D eigenvalue weighted by Gasteiger charge is 2.25. The first-order valence-corrected chi connectivity index (χ1v) is 7.55. The fourth-order valence-corrected chi connectivity index (χ4v) is 2.66. The minimum absolute atomic E-state index is 0.0263. The highest BCUT2D eigenvalue weighted by atomic mass is 16.2. The van der Waals surface area contributed by atoms with Crippen molar-refractivity contribution in [3.8, 4) is 0 Å². The fourth-order valence-electron chi connectivity index (χ4n) is 2.66. The lowest BCUT2D eigenvalue weighted by Gasteiger charge is -2.22. The van der Waals surface area contributed by atoms with Crippen LogP contribution in [0.4, 0.5) is 0 Å². The van der Waals surface area contributed by atoms with Gasteiger partial charge < -0.3 is 10.6 Å². The molecular formula is C18H26N2O. The van der Waals surface area contributed by atoms with Crippen molar-refractivity contribution in [3.05, 3.63) is 47.5 Å². The van der Waals surface area contributed by atoms with Gasteiger partial charge in [0.1, 0.15) is 0 Å². The molecule has 1 aliphatic rings. The third kappa shape index (κ3) is 3.94. The van der Waals surface area contributed by atoms with Crippen molar-refractivity contribution >= 4 is 5.91 Å². The number of carbonyl (C=O) groups is 1. The molecule has 21 heavy (non-hydrogen) atoms. The fraction of sp³-hybridized carbons (Fsp3) is 0.500. The lowest BCUT2D eigenvalue weighted by molar-refractivity contribution is -0.133. The van der Waals surface area contributed by atoms with Gasteiger partial charge in [0.25, 0.3) is 0 Å². The molecule has 0 aromatic heterocycles. The summed E-state index contributed by atoms with van der Waals surface area (Å²) in [5.41, 5.74) is 8.44. The lowest BCUT2D eigenvalue weighted by atomic mass is 9.87. The first kappa shape index (κ1) is 15.8. The van der Waals surface area contributed by atoms with E-state index in [2.05, 4.69) is 45.0 Å². The number of nitrogens with zero attached hydrogens (tertiary/aromatic N) is 1. The van der Waals surface area contributed by atoms with Gasteiger partial charge in [-0.2, -0.15) is 0 Å². The molecule has 1 aromatic rings. The maximum Gasteiger partial charge on any atom is 0.229 e. The molecule has 2 N–H and O–H groups in total. The molecule has 0 saturated heterocycles. The molecule has 0 saturated carbocycles. The summed E-state index contributed by atoms with van der Waals surface area (Å²) in [6, 6.07) is 8.55. The summed E-state index contributed by atoms with van der Waals surface area (Å²) in [6.45, 7) is 7.25. The van der Waals surface area contributed by atoms with E-state index in [1.54, 1.807) is 4.90 Å². The van der Waals surface area contributed by atoms with Gasteiger partial charge in [0, 0.05) is 19.6 Å². The number of amides is 1. The van der Waals surface area contributed by atoms with Crippen LogP contribution >= 0.6 is 0 Å². The minimum Gasteiger partial charge on any atom is -0.341 e. The molecule has 2 unspecified atom stereocenters. The molecule has 1 amide bonds. The zero-order chi connectivity index (χ0) is 15.6. The summed E-state index contributed by atoms with van der Waals surface area (Å²) >= 11 is 0. The Balaban J connectivity index is 1.98. The quantitative estimate of drug-likeness (QED) is 0.869. The molecule has 3 nitrogen and oxygen atoms in total. The number of carbonyl (C=O) groups excluding carboxylic acids is 1. The van der Waals surface area contributed by atoms with Gasteiger partial charge in [-0.25, -0.2) is 0 Å². The van der Waals surface area contributed by atoms with Gasteiger partial charge in [0.05, 0.1) is 5.92 Å². The number of hydrogen-bond acceptors (Lipinski definition) is 2. The Morgan fingerprint density at radius 3 is 2.33 bits per heavy atom. The second-order valence-corrected chi connectivity index (χ2v) is 7.03. The van der Waals surface area contributed by atoms with E-state index >= 15 is 0 Å².